The van der Waals surface area contributed by atoms with Gasteiger partial charge in [0, 0.05) is 11.8 Å². The second-order valence-electron chi connectivity index (χ2n) is 7.97. The van der Waals surface area contributed by atoms with Crippen LogP contribution in [0.4, 0.5) is 0 Å². The Hall–Kier alpha value is -0.850. The molecule has 4 nitrogen and oxygen atoms in total. The maximum atomic E-state index is 12.6. The zero-order chi connectivity index (χ0) is 19.8. The number of unbranched alkanes of at least 4 members (excludes halogenated alkanes) is 3. The van der Waals surface area contributed by atoms with Crippen molar-refractivity contribution < 1.29 is 16.8 Å². The van der Waals surface area contributed by atoms with Gasteiger partial charge in [0.05, 0.1) is 4.90 Å². The normalized spacial score (nSPS) is 13.6. The van der Waals surface area contributed by atoms with Crippen LogP contribution in [0.15, 0.2) is 29.2 Å². The van der Waals surface area contributed by atoms with E-state index >= 15 is 0 Å². The minimum Gasteiger partial charge on any atom is -0.294 e. The Balaban J connectivity index is 2.79. The van der Waals surface area contributed by atoms with Crippen LogP contribution in [0.3, 0.4) is 0 Å². The molecule has 6 heteroatoms. The molecular formula is C20H33O4S2+. The predicted octanol–water partition coefficient (Wildman–Crippen LogP) is 4.82. The monoisotopic (exact) mass is 401 g/mol. The van der Waals surface area contributed by atoms with Crippen molar-refractivity contribution in [3.63, 3.8) is 0 Å². The lowest BCUT2D eigenvalue weighted by atomic mass is 10.0. The molecule has 0 amide bonds. The molecule has 1 atom stereocenters. The minimum absolute atomic E-state index is 0.0905. The Bertz CT molecular complexity index is 658. The van der Waals surface area contributed by atoms with E-state index in [1.807, 2.05) is 27.7 Å². The Morgan fingerprint density at radius 3 is 2.23 bits per heavy atom. The molecule has 0 spiro atoms. The third-order valence-corrected chi connectivity index (χ3v) is 7.89. The Kier molecular flexibility index (Phi) is 9.34. The molecule has 0 aromatic heterocycles. The zero-order valence-corrected chi connectivity index (χ0v) is 18.3. The largest absolute Gasteiger partial charge is 0.339 e. The average Bonchev–Trinajstić information content (AvgIpc) is 2.50. The van der Waals surface area contributed by atoms with Crippen molar-refractivity contribution in [3.05, 3.63) is 29.8 Å². The van der Waals surface area contributed by atoms with Gasteiger partial charge in [0.15, 0.2) is 17.0 Å². The standard InChI is InChI=1S/C20H33O4S2/c1-6-7-8-9-10-18(21)15-25(16-20(3,4)5)24-26(22,23)19-13-11-17(2)12-14-19/h11-14H,6-10,15-16H2,1-5H3/q+1. The van der Waals surface area contributed by atoms with Crippen molar-refractivity contribution in [2.75, 3.05) is 11.5 Å². The smallest absolute Gasteiger partial charge is 0.294 e. The molecule has 0 aliphatic carbocycles. The summed E-state index contributed by atoms with van der Waals surface area (Å²) in [5.74, 6) is 0.806. The van der Waals surface area contributed by atoms with Crippen molar-refractivity contribution >= 4 is 27.1 Å². The molecule has 0 saturated carbocycles. The molecule has 0 bridgehead atoms. The molecule has 0 N–H and O–H groups in total. The van der Waals surface area contributed by atoms with E-state index in [-0.39, 0.29) is 21.8 Å². The second kappa shape index (κ2) is 10.5. The molecule has 1 rings (SSSR count). The summed E-state index contributed by atoms with van der Waals surface area (Å²) in [7, 11) is -3.86. The fraction of sp³-hybridized carbons (Fsp3) is 0.650. The summed E-state index contributed by atoms with van der Waals surface area (Å²) in [5, 5.41) is 0. The maximum Gasteiger partial charge on any atom is 0.339 e. The summed E-state index contributed by atoms with van der Waals surface area (Å²) in [6, 6.07) is 6.60. The highest BCUT2D eigenvalue weighted by Gasteiger charge is 2.37. The van der Waals surface area contributed by atoms with Gasteiger partial charge in [-0.2, -0.15) is 8.42 Å². The van der Waals surface area contributed by atoms with Crippen molar-refractivity contribution in [1.82, 2.24) is 0 Å². The fourth-order valence-electron chi connectivity index (χ4n) is 2.45. The molecular weight excluding hydrogens is 368 g/mol. The van der Waals surface area contributed by atoms with Gasteiger partial charge in [-0.1, -0.05) is 64.7 Å². The Morgan fingerprint density at radius 2 is 1.69 bits per heavy atom. The van der Waals surface area contributed by atoms with Crippen LogP contribution in [0, 0.1) is 12.3 Å². The number of Topliss-reactive ketones (excluding diaryl/α,β-unsaturated/α-hetero) is 1. The number of carbonyl (C=O) groups excluding carboxylic acids is 1. The zero-order valence-electron chi connectivity index (χ0n) is 16.7. The third-order valence-electron chi connectivity index (χ3n) is 3.72. The van der Waals surface area contributed by atoms with E-state index in [0.717, 1.165) is 31.2 Å². The van der Waals surface area contributed by atoms with Crippen LogP contribution in [-0.2, 0) is 29.7 Å². The van der Waals surface area contributed by atoms with Crippen molar-refractivity contribution in [3.8, 4) is 0 Å². The molecule has 0 saturated heterocycles. The number of benzene rings is 1. The van der Waals surface area contributed by atoms with Gasteiger partial charge < -0.3 is 0 Å². The molecule has 26 heavy (non-hydrogen) atoms. The van der Waals surface area contributed by atoms with Crippen LogP contribution in [-0.4, -0.2) is 25.7 Å². The molecule has 1 aromatic carbocycles. The van der Waals surface area contributed by atoms with Crippen LogP contribution in [0.1, 0.15) is 65.4 Å². The van der Waals surface area contributed by atoms with E-state index in [4.69, 9.17) is 3.63 Å². The highest BCUT2D eigenvalue weighted by atomic mass is 32.3. The first-order valence-corrected chi connectivity index (χ1v) is 12.1. The molecule has 1 unspecified atom stereocenters. The van der Waals surface area contributed by atoms with E-state index in [9.17, 15) is 13.2 Å². The third kappa shape index (κ3) is 9.19. The lowest BCUT2D eigenvalue weighted by Crippen LogP contribution is -2.30. The first-order valence-electron chi connectivity index (χ1n) is 9.24. The summed E-state index contributed by atoms with van der Waals surface area (Å²) in [5.41, 5.74) is 0.869. The molecule has 0 fully saturated rings. The second-order valence-corrected chi connectivity index (χ2v) is 11.4. The minimum atomic E-state index is -3.86. The lowest BCUT2D eigenvalue weighted by molar-refractivity contribution is -0.116. The van der Waals surface area contributed by atoms with Gasteiger partial charge in [-0.25, -0.2) is 0 Å². The van der Waals surface area contributed by atoms with Crippen molar-refractivity contribution in [2.45, 2.75) is 71.6 Å². The highest BCUT2D eigenvalue weighted by Crippen LogP contribution is 2.24. The summed E-state index contributed by atoms with van der Waals surface area (Å²) in [6.07, 6.45) is 4.66. The first-order chi connectivity index (χ1) is 12.0. The number of hydrogen-bond donors (Lipinski definition) is 0. The summed E-state index contributed by atoms with van der Waals surface area (Å²) in [6.45, 7) is 10.1. The average molecular weight is 402 g/mol. The summed E-state index contributed by atoms with van der Waals surface area (Å²) in [4.78, 5) is 12.4. The van der Waals surface area contributed by atoms with E-state index < -0.39 is 21.3 Å². The van der Waals surface area contributed by atoms with Gasteiger partial charge in [0.1, 0.15) is 5.75 Å². The maximum absolute atomic E-state index is 12.6. The van der Waals surface area contributed by atoms with Crippen molar-refractivity contribution in [1.29, 1.82) is 0 Å². The van der Waals surface area contributed by atoms with Crippen LogP contribution in [0.2, 0.25) is 0 Å². The quantitative estimate of drug-likeness (QED) is 0.394. The highest BCUT2D eigenvalue weighted by molar-refractivity contribution is 8.03. The molecule has 0 aliphatic heterocycles. The molecule has 0 aliphatic rings. The van der Waals surface area contributed by atoms with Crippen LogP contribution >= 0.6 is 0 Å². The van der Waals surface area contributed by atoms with Gasteiger partial charge >= 0.3 is 10.1 Å². The van der Waals surface area contributed by atoms with Crippen LogP contribution in [0.25, 0.3) is 0 Å². The molecule has 0 heterocycles. The van der Waals surface area contributed by atoms with Gasteiger partial charge in [-0.15, -0.1) is 0 Å². The van der Waals surface area contributed by atoms with Gasteiger partial charge in [0.25, 0.3) is 0 Å². The number of hydrogen-bond acceptors (Lipinski definition) is 4. The van der Waals surface area contributed by atoms with Gasteiger partial charge in [-0.05, 0) is 29.1 Å². The van der Waals surface area contributed by atoms with E-state index in [2.05, 4.69) is 6.92 Å². The Morgan fingerprint density at radius 1 is 1.08 bits per heavy atom. The van der Waals surface area contributed by atoms with Crippen molar-refractivity contribution in [2.24, 2.45) is 5.41 Å². The summed E-state index contributed by atoms with van der Waals surface area (Å²) < 4.78 is 30.7. The fourth-order valence-corrected chi connectivity index (χ4v) is 6.21. The number of ketones is 1. The van der Waals surface area contributed by atoms with Crippen LogP contribution < -0.4 is 0 Å². The molecule has 0 radical (unpaired) electrons. The van der Waals surface area contributed by atoms with Crippen LogP contribution in [0.5, 0.6) is 0 Å². The first kappa shape index (κ1) is 23.2. The number of aryl methyl sites for hydroxylation is 1. The van der Waals surface area contributed by atoms with Gasteiger partial charge in [-0.3, -0.25) is 4.79 Å². The molecule has 1 aromatic rings. The lowest BCUT2D eigenvalue weighted by Gasteiger charge is -2.17. The van der Waals surface area contributed by atoms with E-state index in [1.165, 1.54) is 0 Å². The number of rotatable bonds is 11. The van der Waals surface area contributed by atoms with Gasteiger partial charge in [0.2, 0.25) is 5.75 Å². The topological polar surface area (TPSA) is 60.4 Å². The predicted molar refractivity (Wildman–Crippen MR) is 110 cm³/mol. The number of carbonyl (C=O) groups is 1. The summed E-state index contributed by atoms with van der Waals surface area (Å²) >= 11 is -0.944. The molecule has 148 valence electrons. The SMILES string of the molecule is CCCCCCC(=O)C[S+](CC(C)(C)C)OS(=O)(=O)c1ccc(C)cc1. The van der Waals surface area contributed by atoms with E-state index in [1.54, 1.807) is 24.3 Å². The Labute approximate surface area is 162 Å². The van der Waals surface area contributed by atoms with E-state index in [0.29, 0.717) is 12.2 Å².